The van der Waals surface area contributed by atoms with Crippen LogP contribution in [0.1, 0.15) is 26.3 Å². The van der Waals surface area contributed by atoms with E-state index in [2.05, 4.69) is 5.32 Å². The lowest BCUT2D eigenvalue weighted by Gasteiger charge is -2.29. The van der Waals surface area contributed by atoms with Gasteiger partial charge in [0.1, 0.15) is 11.8 Å². The quantitative estimate of drug-likeness (QED) is 0.750. The molecule has 0 heterocycles. The molecule has 144 valence electrons. The number of amides is 2. The summed E-state index contributed by atoms with van der Waals surface area (Å²) >= 11 is 5.94. The van der Waals surface area contributed by atoms with Gasteiger partial charge in [-0.3, -0.25) is 9.59 Å². The second-order valence-corrected chi connectivity index (χ2v) is 7.03. The molecular weight excluding hydrogens is 364 g/mol. The Bertz CT molecular complexity index is 765. The van der Waals surface area contributed by atoms with Crippen molar-refractivity contribution >= 4 is 23.4 Å². The Morgan fingerprint density at radius 2 is 1.78 bits per heavy atom. The molecule has 0 saturated carbocycles. The van der Waals surface area contributed by atoms with E-state index in [1.54, 1.807) is 31.2 Å². The number of nitrogens with zero attached hydrogens (tertiary/aromatic N) is 1. The van der Waals surface area contributed by atoms with Crippen LogP contribution in [0.15, 0.2) is 54.6 Å². The molecule has 0 radical (unpaired) electrons. The van der Waals surface area contributed by atoms with Crippen molar-refractivity contribution in [1.29, 1.82) is 0 Å². The molecule has 2 amide bonds. The Morgan fingerprint density at radius 3 is 2.41 bits per heavy atom. The van der Waals surface area contributed by atoms with Crippen molar-refractivity contribution in [2.75, 3.05) is 6.61 Å². The number of carbonyl (C=O) groups excluding carboxylic acids is 2. The van der Waals surface area contributed by atoms with Crippen LogP contribution in [0, 0.1) is 0 Å². The fourth-order valence-electron chi connectivity index (χ4n) is 2.55. The second-order valence-electron chi connectivity index (χ2n) is 6.59. The summed E-state index contributed by atoms with van der Waals surface area (Å²) in [6.07, 6.45) is 0. The van der Waals surface area contributed by atoms with Crippen LogP contribution in [0.3, 0.4) is 0 Å². The molecule has 0 aliphatic heterocycles. The second kappa shape index (κ2) is 9.97. The molecule has 6 heteroatoms. The van der Waals surface area contributed by atoms with E-state index in [0.29, 0.717) is 17.3 Å². The maximum absolute atomic E-state index is 12.8. The SMILES string of the molecule is CC(C)NC(=O)[C@@H](C)N(Cc1ccccc1)C(=O)COc1cccc(Cl)c1. The molecule has 0 spiro atoms. The summed E-state index contributed by atoms with van der Waals surface area (Å²) < 4.78 is 5.57. The predicted octanol–water partition coefficient (Wildman–Crippen LogP) is 3.66. The lowest BCUT2D eigenvalue weighted by molar-refractivity contribution is -0.142. The van der Waals surface area contributed by atoms with Crippen molar-refractivity contribution < 1.29 is 14.3 Å². The van der Waals surface area contributed by atoms with Crippen molar-refractivity contribution in [2.24, 2.45) is 0 Å². The van der Waals surface area contributed by atoms with E-state index in [1.165, 1.54) is 4.90 Å². The molecule has 0 fully saturated rings. The highest BCUT2D eigenvalue weighted by atomic mass is 35.5. The first-order chi connectivity index (χ1) is 12.9. The molecular formula is C21H25ClN2O3. The van der Waals surface area contributed by atoms with Crippen LogP contribution in [0.2, 0.25) is 5.02 Å². The molecule has 5 nitrogen and oxygen atoms in total. The number of carbonyl (C=O) groups is 2. The van der Waals surface area contributed by atoms with Crippen molar-refractivity contribution in [1.82, 2.24) is 10.2 Å². The summed E-state index contributed by atoms with van der Waals surface area (Å²) in [7, 11) is 0. The Morgan fingerprint density at radius 1 is 1.07 bits per heavy atom. The van der Waals surface area contributed by atoms with Crippen LogP contribution in [-0.2, 0) is 16.1 Å². The Kier molecular flexibility index (Phi) is 7.67. The van der Waals surface area contributed by atoms with Crippen molar-refractivity contribution in [3.8, 4) is 5.75 Å². The van der Waals surface area contributed by atoms with E-state index in [9.17, 15) is 9.59 Å². The molecule has 0 bridgehead atoms. The minimum atomic E-state index is -0.622. The highest BCUT2D eigenvalue weighted by Crippen LogP contribution is 2.17. The molecule has 2 aromatic carbocycles. The van der Waals surface area contributed by atoms with Crippen LogP contribution in [-0.4, -0.2) is 35.4 Å². The van der Waals surface area contributed by atoms with Gasteiger partial charge in [-0.1, -0.05) is 48.0 Å². The van der Waals surface area contributed by atoms with E-state index in [4.69, 9.17) is 16.3 Å². The molecule has 27 heavy (non-hydrogen) atoms. The van der Waals surface area contributed by atoms with E-state index in [0.717, 1.165) is 5.56 Å². The molecule has 1 atom stereocenters. The zero-order chi connectivity index (χ0) is 19.8. The molecule has 0 unspecified atom stereocenters. The molecule has 1 N–H and O–H groups in total. The molecule has 2 aromatic rings. The van der Waals surface area contributed by atoms with Crippen LogP contribution < -0.4 is 10.1 Å². The Labute approximate surface area is 165 Å². The number of rotatable bonds is 8. The van der Waals surface area contributed by atoms with Crippen LogP contribution in [0.5, 0.6) is 5.75 Å². The largest absolute Gasteiger partial charge is 0.484 e. The fourth-order valence-corrected chi connectivity index (χ4v) is 2.73. The number of hydrogen-bond donors (Lipinski definition) is 1. The standard InChI is InChI=1S/C21H25ClN2O3/c1-15(2)23-21(26)16(3)24(13-17-8-5-4-6-9-17)20(25)14-27-19-11-7-10-18(22)12-19/h4-12,15-16H,13-14H2,1-3H3,(H,23,26)/t16-/m1/s1. The van der Waals surface area contributed by atoms with E-state index in [-0.39, 0.29) is 24.5 Å². The lowest BCUT2D eigenvalue weighted by Crippen LogP contribution is -2.50. The van der Waals surface area contributed by atoms with Crippen molar-refractivity contribution in [3.05, 3.63) is 65.2 Å². The number of hydrogen-bond acceptors (Lipinski definition) is 3. The number of ether oxygens (including phenoxy) is 1. The summed E-state index contributed by atoms with van der Waals surface area (Å²) in [5.74, 6) is 0.0390. The van der Waals surface area contributed by atoms with Crippen molar-refractivity contribution in [3.63, 3.8) is 0 Å². The summed E-state index contributed by atoms with van der Waals surface area (Å²) in [4.78, 5) is 26.8. The van der Waals surface area contributed by atoms with Gasteiger partial charge in [-0.25, -0.2) is 0 Å². The molecule has 0 aliphatic carbocycles. The number of benzene rings is 2. The lowest BCUT2D eigenvalue weighted by atomic mass is 10.1. The summed E-state index contributed by atoms with van der Waals surface area (Å²) in [6.45, 7) is 5.64. The Balaban J connectivity index is 2.11. The minimum Gasteiger partial charge on any atom is -0.484 e. The van der Waals surface area contributed by atoms with E-state index in [1.807, 2.05) is 44.2 Å². The van der Waals surface area contributed by atoms with Gasteiger partial charge >= 0.3 is 0 Å². The van der Waals surface area contributed by atoms with Gasteiger partial charge < -0.3 is 15.0 Å². The van der Waals surface area contributed by atoms with E-state index >= 15 is 0 Å². The predicted molar refractivity (Wildman–Crippen MR) is 107 cm³/mol. The van der Waals surface area contributed by atoms with Gasteiger partial charge in [-0.2, -0.15) is 0 Å². The molecule has 0 aliphatic rings. The minimum absolute atomic E-state index is 0.00339. The highest BCUT2D eigenvalue weighted by molar-refractivity contribution is 6.30. The molecule has 2 rings (SSSR count). The Hall–Kier alpha value is -2.53. The normalized spacial score (nSPS) is 11.7. The summed E-state index contributed by atoms with van der Waals surface area (Å²) in [5.41, 5.74) is 0.942. The van der Waals surface area contributed by atoms with Gasteiger partial charge in [-0.15, -0.1) is 0 Å². The maximum Gasteiger partial charge on any atom is 0.261 e. The maximum atomic E-state index is 12.8. The summed E-state index contributed by atoms with van der Waals surface area (Å²) in [6, 6.07) is 15.8. The third kappa shape index (κ3) is 6.61. The van der Waals surface area contributed by atoms with Crippen molar-refractivity contribution in [2.45, 2.75) is 39.4 Å². The van der Waals surface area contributed by atoms with Gasteiger partial charge in [0.25, 0.3) is 5.91 Å². The van der Waals surface area contributed by atoms with Crippen LogP contribution in [0.25, 0.3) is 0 Å². The van der Waals surface area contributed by atoms with Gasteiger partial charge in [-0.05, 0) is 44.5 Å². The average molecular weight is 389 g/mol. The summed E-state index contributed by atoms with van der Waals surface area (Å²) in [5, 5.41) is 3.39. The smallest absolute Gasteiger partial charge is 0.261 e. The molecule has 0 saturated heterocycles. The third-order valence-electron chi connectivity index (χ3n) is 3.95. The van der Waals surface area contributed by atoms with Gasteiger partial charge in [0.15, 0.2) is 6.61 Å². The number of nitrogens with one attached hydrogen (secondary N) is 1. The van der Waals surface area contributed by atoms with Crippen LogP contribution >= 0.6 is 11.6 Å². The molecule has 0 aromatic heterocycles. The monoisotopic (exact) mass is 388 g/mol. The topological polar surface area (TPSA) is 58.6 Å². The third-order valence-corrected chi connectivity index (χ3v) is 4.19. The van der Waals surface area contributed by atoms with Gasteiger partial charge in [0.05, 0.1) is 0 Å². The first-order valence-corrected chi connectivity index (χ1v) is 9.26. The number of halogens is 1. The van der Waals surface area contributed by atoms with E-state index < -0.39 is 6.04 Å². The zero-order valence-electron chi connectivity index (χ0n) is 15.8. The first-order valence-electron chi connectivity index (χ1n) is 8.89. The first kappa shape index (κ1) is 20.8. The zero-order valence-corrected chi connectivity index (χ0v) is 16.6. The average Bonchev–Trinajstić information content (AvgIpc) is 2.64. The van der Waals surface area contributed by atoms with Crippen LogP contribution in [0.4, 0.5) is 0 Å². The highest BCUT2D eigenvalue weighted by Gasteiger charge is 2.26. The van der Waals surface area contributed by atoms with Gasteiger partial charge in [0, 0.05) is 17.6 Å². The van der Waals surface area contributed by atoms with Gasteiger partial charge in [0.2, 0.25) is 5.91 Å². The fraction of sp³-hybridized carbons (Fsp3) is 0.333.